The number of ether oxygens (including phenoxy) is 1. The Labute approximate surface area is 140 Å². The van der Waals surface area contributed by atoms with E-state index < -0.39 is 6.61 Å². The number of hydrogen-bond acceptors (Lipinski definition) is 3. The second-order valence-electron chi connectivity index (χ2n) is 6.22. The van der Waals surface area contributed by atoms with Gasteiger partial charge in [0.15, 0.2) is 0 Å². The maximum absolute atomic E-state index is 12.4. The number of piperidine rings is 1. The number of benzene rings is 1. The summed E-state index contributed by atoms with van der Waals surface area (Å²) in [6.45, 7) is 0.737. The lowest BCUT2D eigenvalue weighted by atomic mass is 9.92. The molecule has 23 heavy (non-hydrogen) atoms. The van der Waals surface area contributed by atoms with Crippen molar-refractivity contribution >= 4 is 24.0 Å². The predicted molar refractivity (Wildman–Crippen MR) is 86.3 cm³/mol. The molecule has 1 saturated carbocycles. The van der Waals surface area contributed by atoms with Crippen LogP contribution in [-0.2, 0) is 4.79 Å². The second-order valence-corrected chi connectivity index (χ2v) is 6.22. The van der Waals surface area contributed by atoms with Gasteiger partial charge in [-0.2, -0.15) is 8.78 Å². The zero-order valence-electron chi connectivity index (χ0n) is 12.9. The Bertz CT molecular complexity index is 577. The van der Waals surface area contributed by atoms with Crippen LogP contribution in [0.2, 0.25) is 0 Å². The van der Waals surface area contributed by atoms with Crippen LogP contribution in [0.5, 0.6) is 5.75 Å². The van der Waals surface area contributed by atoms with Crippen molar-refractivity contribution in [3.8, 4) is 5.75 Å². The minimum absolute atomic E-state index is 0. The van der Waals surface area contributed by atoms with Crippen LogP contribution in [0.1, 0.15) is 24.8 Å². The fourth-order valence-corrected chi connectivity index (χ4v) is 3.33. The Balaban J connectivity index is 0.00000192. The monoisotopic (exact) mass is 346 g/mol. The van der Waals surface area contributed by atoms with Gasteiger partial charge in [-0.15, -0.1) is 12.4 Å². The quantitative estimate of drug-likeness (QED) is 0.879. The lowest BCUT2D eigenvalue weighted by molar-refractivity contribution is -0.118. The molecule has 1 amide bonds. The Kier molecular flexibility index (Phi) is 5.47. The first-order valence-corrected chi connectivity index (χ1v) is 7.57. The molecule has 1 unspecified atom stereocenters. The third-order valence-corrected chi connectivity index (χ3v) is 4.78. The van der Waals surface area contributed by atoms with Gasteiger partial charge in [-0.25, -0.2) is 0 Å². The standard InChI is InChI=1S/C16H20F2N2O2.ClH/c1-10-2-3-11(8-13(10)22-15(17)18)20-14(21)12-9-16(12)4-6-19-7-5-16;/h2-3,8,12,15,19H,4-7,9H2,1H3,(H,20,21);1H. The Hall–Kier alpha value is -1.40. The molecular weight excluding hydrogens is 326 g/mol. The van der Waals surface area contributed by atoms with Crippen molar-refractivity contribution in [2.75, 3.05) is 18.4 Å². The highest BCUT2D eigenvalue weighted by molar-refractivity contribution is 5.95. The van der Waals surface area contributed by atoms with Crippen molar-refractivity contribution in [1.82, 2.24) is 5.32 Å². The van der Waals surface area contributed by atoms with Crippen molar-refractivity contribution in [1.29, 1.82) is 0 Å². The van der Waals surface area contributed by atoms with Crippen LogP contribution in [0.15, 0.2) is 18.2 Å². The van der Waals surface area contributed by atoms with Gasteiger partial charge in [-0.3, -0.25) is 4.79 Å². The van der Waals surface area contributed by atoms with Crippen LogP contribution >= 0.6 is 12.4 Å². The van der Waals surface area contributed by atoms with Crippen LogP contribution in [0.3, 0.4) is 0 Å². The average molecular weight is 347 g/mol. The van der Waals surface area contributed by atoms with E-state index in [0.29, 0.717) is 11.3 Å². The zero-order chi connectivity index (χ0) is 15.7. The molecule has 128 valence electrons. The smallest absolute Gasteiger partial charge is 0.387 e. The first-order valence-electron chi connectivity index (χ1n) is 7.57. The third-order valence-electron chi connectivity index (χ3n) is 4.78. The van der Waals surface area contributed by atoms with Crippen LogP contribution in [0, 0.1) is 18.3 Å². The van der Waals surface area contributed by atoms with E-state index in [1.807, 2.05) is 0 Å². The van der Waals surface area contributed by atoms with Gasteiger partial charge in [-0.1, -0.05) is 6.07 Å². The lowest BCUT2D eigenvalue weighted by Crippen LogP contribution is -2.31. The van der Waals surface area contributed by atoms with Gasteiger partial charge in [0.05, 0.1) is 0 Å². The summed E-state index contributed by atoms with van der Waals surface area (Å²) in [6.07, 6.45) is 2.98. The molecule has 7 heteroatoms. The summed E-state index contributed by atoms with van der Waals surface area (Å²) in [5, 5.41) is 6.13. The highest BCUT2D eigenvalue weighted by atomic mass is 35.5. The maximum atomic E-state index is 12.4. The summed E-state index contributed by atoms with van der Waals surface area (Å²) < 4.78 is 29.2. The van der Waals surface area contributed by atoms with Crippen molar-refractivity contribution in [3.05, 3.63) is 23.8 Å². The minimum atomic E-state index is -2.87. The molecule has 2 fully saturated rings. The first kappa shape index (κ1) is 17.9. The molecule has 0 bridgehead atoms. The number of nitrogens with one attached hydrogen (secondary N) is 2. The molecule has 2 aliphatic rings. The predicted octanol–water partition coefficient (Wildman–Crippen LogP) is 3.35. The number of carbonyl (C=O) groups is 1. The molecule has 3 rings (SSSR count). The average Bonchev–Trinajstić information content (AvgIpc) is 3.16. The van der Waals surface area contributed by atoms with E-state index in [0.717, 1.165) is 32.4 Å². The summed E-state index contributed by atoms with van der Waals surface area (Å²) in [7, 11) is 0. The number of aryl methyl sites for hydroxylation is 1. The fourth-order valence-electron chi connectivity index (χ4n) is 3.33. The van der Waals surface area contributed by atoms with Crippen LogP contribution < -0.4 is 15.4 Å². The first-order chi connectivity index (χ1) is 10.5. The van der Waals surface area contributed by atoms with Crippen molar-refractivity contribution in [2.45, 2.75) is 32.8 Å². The van der Waals surface area contributed by atoms with Crippen molar-refractivity contribution in [3.63, 3.8) is 0 Å². The summed E-state index contributed by atoms with van der Waals surface area (Å²) in [4.78, 5) is 12.3. The zero-order valence-corrected chi connectivity index (χ0v) is 13.7. The van der Waals surface area contributed by atoms with E-state index in [1.54, 1.807) is 19.1 Å². The number of hydrogen-bond donors (Lipinski definition) is 2. The molecule has 1 aromatic carbocycles. The van der Waals surface area contributed by atoms with Gasteiger partial charge in [0, 0.05) is 17.7 Å². The molecular formula is C16H21ClF2N2O2. The summed E-state index contributed by atoms with van der Waals surface area (Å²) in [5.74, 6) is 0.115. The van der Waals surface area contributed by atoms with E-state index in [9.17, 15) is 13.6 Å². The highest BCUT2D eigenvalue weighted by Crippen LogP contribution is 2.58. The normalized spacial score (nSPS) is 21.7. The largest absolute Gasteiger partial charge is 0.434 e. The molecule has 0 radical (unpaired) electrons. The van der Waals surface area contributed by atoms with Crippen LogP contribution in [0.4, 0.5) is 14.5 Å². The van der Waals surface area contributed by atoms with Gasteiger partial charge in [0.25, 0.3) is 0 Å². The molecule has 1 spiro atoms. The molecule has 1 aromatic rings. The molecule has 1 aliphatic carbocycles. The number of amides is 1. The van der Waals surface area contributed by atoms with Gasteiger partial charge < -0.3 is 15.4 Å². The molecule has 2 N–H and O–H groups in total. The van der Waals surface area contributed by atoms with E-state index >= 15 is 0 Å². The number of alkyl halides is 2. The Morgan fingerprint density at radius 1 is 1.39 bits per heavy atom. The Morgan fingerprint density at radius 2 is 2.09 bits per heavy atom. The van der Waals surface area contributed by atoms with Gasteiger partial charge in [0.2, 0.25) is 5.91 Å². The second kappa shape index (κ2) is 7.01. The maximum Gasteiger partial charge on any atom is 0.387 e. The molecule has 4 nitrogen and oxygen atoms in total. The number of rotatable bonds is 4. The van der Waals surface area contributed by atoms with Gasteiger partial charge in [0.1, 0.15) is 5.75 Å². The summed E-state index contributed by atoms with van der Waals surface area (Å²) in [6, 6.07) is 4.83. The molecule has 0 aromatic heterocycles. The topological polar surface area (TPSA) is 50.4 Å². The molecule has 1 atom stereocenters. The van der Waals surface area contributed by atoms with Crippen molar-refractivity contribution in [2.24, 2.45) is 11.3 Å². The fraction of sp³-hybridized carbons (Fsp3) is 0.562. The van der Waals surface area contributed by atoms with E-state index in [2.05, 4.69) is 15.4 Å². The summed E-state index contributed by atoms with van der Waals surface area (Å²) >= 11 is 0. The van der Waals surface area contributed by atoms with Crippen LogP contribution in [0.25, 0.3) is 0 Å². The molecule has 1 saturated heterocycles. The van der Waals surface area contributed by atoms with E-state index in [1.165, 1.54) is 6.07 Å². The number of carbonyl (C=O) groups excluding carboxylic acids is 1. The van der Waals surface area contributed by atoms with Crippen LogP contribution in [-0.4, -0.2) is 25.6 Å². The summed E-state index contributed by atoms with van der Waals surface area (Å²) in [5.41, 5.74) is 1.27. The third kappa shape index (κ3) is 3.93. The molecule has 1 heterocycles. The highest BCUT2D eigenvalue weighted by Gasteiger charge is 2.57. The van der Waals surface area contributed by atoms with E-state index in [4.69, 9.17) is 0 Å². The van der Waals surface area contributed by atoms with Crippen molar-refractivity contribution < 1.29 is 18.3 Å². The Morgan fingerprint density at radius 3 is 2.74 bits per heavy atom. The SMILES string of the molecule is Cc1ccc(NC(=O)C2CC23CCNCC3)cc1OC(F)F.Cl. The lowest BCUT2D eigenvalue weighted by Gasteiger charge is -2.23. The number of anilines is 1. The number of halogens is 3. The van der Waals surface area contributed by atoms with Gasteiger partial charge in [-0.05, 0) is 56.3 Å². The van der Waals surface area contributed by atoms with Gasteiger partial charge >= 0.3 is 6.61 Å². The van der Waals surface area contributed by atoms with E-state index in [-0.39, 0.29) is 35.4 Å². The minimum Gasteiger partial charge on any atom is -0.434 e. The molecule has 1 aliphatic heterocycles.